The number of nitrogens with zero attached hydrogens (tertiary/aromatic N) is 2. The molecule has 0 aliphatic carbocycles. The molecule has 1 aromatic carbocycles. The Morgan fingerprint density at radius 2 is 2.17 bits per heavy atom. The molecule has 3 N–H and O–H groups in total. The summed E-state index contributed by atoms with van der Waals surface area (Å²) in [5.41, 5.74) is 11.5. The quantitative estimate of drug-likeness (QED) is 0.495. The van der Waals surface area contributed by atoms with Crippen molar-refractivity contribution in [3.8, 4) is 0 Å². The third-order valence-electron chi connectivity index (χ3n) is 3.06. The molecular weight excluding hydrogens is 244 g/mol. The van der Waals surface area contributed by atoms with Crippen LogP contribution in [0, 0.1) is 6.92 Å². The van der Waals surface area contributed by atoms with Crippen LogP contribution in [0.25, 0.3) is 0 Å². The Labute approximate surface area is 113 Å². The maximum atomic E-state index is 5.29. The molecule has 0 radical (unpaired) electrons. The summed E-state index contributed by atoms with van der Waals surface area (Å²) in [6, 6.07) is 6.34. The second-order valence-corrected chi connectivity index (χ2v) is 4.91. The van der Waals surface area contributed by atoms with E-state index >= 15 is 0 Å². The normalized spacial score (nSPS) is 15.3. The summed E-state index contributed by atoms with van der Waals surface area (Å²) in [5.74, 6) is 0. The molecule has 1 aliphatic heterocycles. The highest BCUT2D eigenvalue weighted by molar-refractivity contribution is 7.80. The van der Waals surface area contributed by atoms with Gasteiger partial charge in [0.15, 0.2) is 5.11 Å². The Balaban J connectivity index is 2.09. The molecule has 0 bridgehead atoms. The zero-order valence-electron chi connectivity index (χ0n) is 10.5. The number of nitrogens with two attached hydrogens (primary N) is 1. The summed E-state index contributed by atoms with van der Waals surface area (Å²) in [6.07, 6.45) is 4.31. The van der Waals surface area contributed by atoms with Gasteiger partial charge in [0.1, 0.15) is 0 Å². The first-order chi connectivity index (χ1) is 8.66. The second-order valence-electron chi connectivity index (χ2n) is 4.47. The third kappa shape index (κ3) is 3.20. The Kier molecular flexibility index (Phi) is 4.15. The van der Waals surface area contributed by atoms with Crippen molar-refractivity contribution >= 4 is 29.2 Å². The monoisotopic (exact) mass is 262 g/mol. The number of aryl methyl sites for hydroxylation is 1. The average molecular weight is 262 g/mol. The minimum absolute atomic E-state index is 0.177. The van der Waals surface area contributed by atoms with Crippen LogP contribution in [0.4, 0.5) is 5.69 Å². The van der Waals surface area contributed by atoms with Gasteiger partial charge in [-0.05, 0) is 55.2 Å². The Hall–Kier alpha value is -1.62. The number of rotatable bonds is 3. The largest absolute Gasteiger partial charge is 0.375 e. The van der Waals surface area contributed by atoms with Crippen LogP contribution in [-0.2, 0) is 0 Å². The number of anilines is 1. The molecule has 18 heavy (non-hydrogen) atoms. The van der Waals surface area contributed by atoms with Crippen LogP contribution in [0.3, 0.4) is 0 Å². The lowest BCUT2D eigenvalue weighted by atomic mass is 10.1. The molecule has 1 aromatic rings. The van der Waals surface area contributed by atoms with Crippen LogP contribution in [0.2, 0.25) is 0 Å². The van der Waals surface area contributed by atoms with Gasteiger partial charge in [-0.2, -0.15) is 5.10 Å². The molecule has 1 aliphatic rings. The molecule has 1 heterocycles. The topological polar surface area (TPSA) is 53.6 Å². The van der Waals surface area contributed by atoms with E-state index in [1.807, 2.05) is 0 Å². The van der Waals surface area contributed by atoms with Crippen molar-refractivity contribution in [3.63, 3.8) is 0 Å². The molecule has 2 rings (SSSR count). The molecule has 96 valence electrons. The molecule has 1 fully saturated rings. The second kappa shape index (κ2) is 5.82. The molecule has 1 saturated heterocycles. The highest BCUT2D eigenvalue weighted by atomic mass is 32.1. The smallest absolute Gasteiger partial charge is 0.184 e. The van der Waals surface area contributed by atoms with Crippen molar-refractivity contribution in [2.45, 2.75) is 19.8 Å². The number of nitrogens with one attached hydrogen (secondary N) is 1. The van der Waals surface area contributed by atoms with E-state index in [9.17, 15) is 0 Å². The van der Waals surface area contributed by atoms with Crippen LogP contribution < -0.4 is 16.1 Å². The van der Waals surface area contributed by atoms with Crippen molar-refractivity contribution < 1.29 is 0 Å². The van der Waals surface area contributed by atoms with Gasteiger partial charge in [-0.15, -0.1) is 0 Å². The number of hydrogen-bond acceptors (Lipinski definition) is 3. The van der Waals surface area contributed by atoms with E-state index in [4.69, 9.17) is 5.73 Å². The van der Waals surface area contributed by atoms with Crippen molar-refractivity contribution in [1.29, 1.82) is 0 Å². The fourth-order valence-electron chi connectivity index (χ4n) is 2.24. The van der Waals surface area contributed by atoms with Gasteiger partial charge in [0, 0.05) is 18.8 Å². The molecule has 0 unspecified atom stereocenters. The van der Waals surface area contributed by atoms with E-state index in [2.05, 4.69) is 52.8 Å². The highest BCUT2D eigenvalue weighted by Gasteiger charge is 2.13. The van der Waals surface area contributed by atoms with Gasteiger partial charge in [-0.3, -0.25) is 5.43 Å². The first kappa shape index (κ1) is 12.8. The molecule has 0 atom stereocenters. The van der Waals surface area contributed by atoms with Gasteiger partial charge in [-0.25, -0.2) is 0 Å². The predicted octanol–water partition coefficient (Wildman–Crippen LogP) is 1.76. The van der Waals surface area contributed by atoms with Crippen molar-refractivity contribution in [2.75, 3.05) is 18.0 Å². The van der Waals surface area contributed by atoms with Gasteiger partial charge in [0.05, 0.1) is 6.21 Å². The van der Waals surface area contributed by atoms with Gasteiger partial charge in [0.25, 0.3) is 0 Å². The lowest BCUT2D eigenvalue weighted by Gasteiger charge is -2.20. The maximum Gasteiger partial charge on any atom is 0.184 e. The van der Waals surface area contributed by atoms with Crippen molar-refractivity contribution in [1.82, 2.24) is 5.43 Å². The van der Waals surface area contributed by atoms with E-state index in [-0.39, 0.29) is 5.11 Å². The summed E-state index contributed by atoms with van der Waals surface area (Å²) >= 11 is 4.68. The number of thiocarbonyl (C=S) groups is 1. The molecule has 0 saturated carbocycles. The van der Waals surface area contributed by atoms with Gasteiger partial charge >= 0.3 is 0 Å². The lowest BCUT2D eigenvalue weighted by Crippen LogP contribution is -2.24. The van der Waals surface area contributed by atoms with E-state index in [1.54, 1.807) is 6.21 Å². The Morgan fingerprint density at radius 3 is 2.78 bits per heavy atom. The molecule has 0 spiro atoms. The summed E-state index contributed by atoms with van der Waals surface area (Å²) in [7, 11) is 0. The maximum absolute atomic E-state index is 5.29. The van der Waals surface area contributed by atoms with Crippen LogP contribution in [0.1, 0.15) is 24.0 Å². The van der Waals surface area contributed by atoms with Crippen LogP contribution in [-0.4, -0.2) is 24.4 Å². The molecular formula is C13H18N4S. The molecule has 0 aromatic heterocycles. The molecule has 5 heteroatoms. The van der Waals surface area contributed by atoms with Gasteiger partial charge in [0.2, 0.25) is 0 Å². The number of hydrazone groups is 1. The number of benzene rings is 1. The molecule has 0 amide bonds. The van der Waals surface area contributed by atoms with Gasteiger partial charge in [-0.1, -0.05) is 6.07 Å². The van der Waals surface area contributed by atoms with E-state index in [1.165, 1.54) is 24.1 Å². The van der Waals surface area contributed by atoms with E-state index in [0.717, 1.165) is 18.7 Å². The van der Waals surface area contributed by atoms with Crippen molar-refractivity contribution in [3.05, 3.63) is 29.3 Å². The minimum Gasteiger partial charge on any atom is -0.375 e. The fourth-order valence-corrected chi connectivity index (χ4v) is 2.29. The summed E-state index contributed by atoms with van der Waals surface area (Å²) in [6.45, 7) is 4.46. The first-order valence-electron chi connectivity index (χ1n) is 6.11. The Morgan fingerprint density at radius 1 is 1.44 bits per heavy atom. The average Bonchev–Trinajstić information content (AvgIpc) is 2.82. The summed E-state index contributed by atoms with van der Waals surface area (Å²) in [5, 5.41) is 4.13. The van der Waals surface area contributed by atoms with Gasteiger partial charge < -0.3 is 10.6 Å². The lowest BCUT2D eigenvalue weighted by molar-refractivity contribution is 0.949. The fraction of sp³-hybridized carbons (Fsp3) is 0.385. The van der Waals surface area contributed by atoms with E-state index < -0.39 is 0 Å². The standard InChI is InChI=1S/C13H18N4S/c1-10-8-11(9-15-16-13(14)18)4-5-12(10)17-6-2-3-7-17/h4-5,8-9H,2-3,6-7H2,1H3,(H3,14,16,18)/b15-9-. The van der Waals surface area contributed by atoms with Crippen LogP contribution in [0.15, 0.2) is 23.3 Å². The minimum atomic E-state index is 0.177. The number of hydrogen-bond donors (Lipinski definition) is 2. The van der Waals surface area contributed by atoms with E-state index in [0.29, 0.717) is 0 Å². The van der Waals surface area contributed by atoms with Crippen LogP contribution in [0.5, 0.6) is 0 Å². The first-order valence-corrected chi connectivity index (χ1v) is 6.52. The SMILES string of the molecule is Cc1cc(/C=N\NC(N)=S)ccc1N1CCCC1. The summed E-state index contributed by atoms with van der Waals surface area (Å²) in [4.78, 5) is 2.43. The summed E-state index contributed by atoms with van der Waals surface area (Å²) < 4.78 is 0. The van der Waals surface area contributed by atoms with Crippen LogP contribution >= 0.6 is 12.2 Å². The zero-order chi connectivity index (χ0) is 13.0. The van der Waals surface area contributed by atoms with Crippen molar-refractivity contribution in [2.24, 2.45) is 10.8 Å². The Bertz CT molecular complexity index is 464. The predicted molar refractivity (Wildman–Crippen MR) is 80.1 cm³/mol. The molecule has 4 nitrogen and oxygen atoms in total. The third-order valence-corrected chi connectivity index (χ3v) is 3.15. The highest BCUT2D eigenvalue weighted by Crippen LogP contribution is 2.24. The zero-order valence-corrected chi connectivity index (χ0v) is 11.3.